The van der Waals surface area contributed by atoms with Gasteiger partial charge in [0.1, 0.15) is 4.21 Å². The van der Waals surface area contributed by atoms with Crippen LogP contribution in [0.1, 0.15) is 28.7 Å². The van der Waals surface area contributed by atoms with Gasteiger partial charge in [0.25, 0.3) is 0 Å². The Labute approximate surface area is 134 Å². The fourth-order valence-electron chi connectivity index (χ4n) is 1.80. The van der Waals surface area contributed by atoms with Crippen LogP contribution in [0.15, 0.2) is 27.8 Å². The van der Waals surface area contributed by atoms with Crippen molar-refractivity contribution in [3.05, 3.63) is 38.9 Å². The summed E-state index contributed by atoms with van der Waals surface area (Å²) in [5, 5.41) is 5.25. The second-order valence-electron chi connectivity index (χ2n) is 4.75. The zero-order valence-corrected chi connectivity index (χ0v) is 14.6. The van der Waals surface area contributed by atoms with Crippen molar-refractivity contribution < 1.29 is 8.42 Å². The molecule has 0 saturated heterocycles. The third-order valence-electron chi connectivity index (χ3n) is 3.02. The van der Waals surface area contributed by atoms with E-state index >= 15 is 0 Å². The van der Waals surface area contributed by atoms with Crippen molar-refractivity contribution in [1.29, 1.82) is 0 Å². The van der Waals surface area contributed by atoms with Crippen molar-refractivity contribution in [3.63, 3.8) is 0 Å². The smallest absolute Gasteiger partial charge is 0.250 e. The van der Waals surface area contributed by atoms with Gasteiger partial charge in [-0.2, -0.15) is 0 Å². The van der Waals surface area contributed by atoms with Crippen LogP contribution in [0, 0.1) is 6.92 Å². The standard InChI is InChI=1S/C14H20N2O2S3/c1-3-7-15-9-12-4-5-14(20-12)21(17,18)16-10-13-11(2)6-8-19-13/h4-6,8,15-16H,3,7,9-10H2,1-2H3. The average molecular weight is 345 g/mol. The van der Waals surface area contributed by atoms with Crippen LogP contribution in [-0.4, -0.2) is 15.0 Å². The quantitative estimate of drug-likeness (QED) is 0.724. The Morgan fingerprint density at radius 2 is 2.00 bits per heavy atom. The molecule has 0 spiro atoms. The number of rotatable bonds is 8. The van der Waals surface area contributed by atoms with Gasteiger partial charge in [0, 0.05) is 22.8 Å². The number of nitrogens with one attached hydrogen (secondary N) is 2. The predicted octanol–water partition coefficient (Wildman–Crippen LogP) is 3.10. The molecule has 0 aromatic carbocycles. The van der Waals surface area contributed by atoms with E-state index in [1.54, 1.807) is 17.4 Å². The van der Waals surface area contributed by atoms with Crippen LogP contribution in [0.3, 0.4) is 0 Å². The molecular weight excluding hydrogens is 324 g/mol. The van der Waals surface area contributed by atoms with E-state index in [0.717, 1.165) is 34.8 Å². The Hall–Kier alpha value is -0.730. The van der Waals surface area contributed by atoms with Gasteiger partial charge in [-0.15, -0.1) is 22.7 Å². The van der Waals surface area contributed by atoms with Crippen molar-refractivity contribution in [2.45, 2.75) is 37.6 Å². The van der Waals surface area contributed by atoms with Crippen LogP contribution in [-0.2, 0) is 23.1 Å². The van der Waals surface area contributed by atoms with Gasteiger partial charge in [-0.05, 0) is 49.0 Å². The maximum absolute atomic E-state index is 12.3. The minimum absolute atomic E-state index is 0.354. The van der Waals surface area contributed by atoms with E-state index in [1.807, 2.05) is 24.4 Å². The summed E-state index contributed by atoms with van der Waals surface area (Å²) in [6, 6.07) is 5.55. The molecule has 4 nitrogen and oxygen atoms in total. The van der Waals surface area contributed by atoms with Crippen LogP contribution in [0.2, 0.25) is 0 Å². The molecule has 2 heterocycles. The molecule has 2 aromatic heterocycles. The molecular formula is C14H20N2O2S3. The molecule has 0 atom stereocenters. The van der Waals surface area contributed by atoms with Gasteiger partial charge in [0.2, 0.25) is 10.0 Å². The summed E-state index contributed by atoms with van der Waals surface area (Å²) in [7, 11) is -3.42. The third kappa shape index (κ3) is 4.62. The highest BCUT2D eigenvalue weighted by molar-refractivity contribution is 7.91. The van der Waals surface area contributed by atoms with Crippen LogP contribution in [0.25, 0.3) is 0 Å². The average Bonchev–Trinajstić information content (AvgIpc) is 3.06. The van der Waals surface area contributed by atoms with Gasteiger partial charge in [0.15, 0.2) is 0 Å². The summed E-state index contributed by atoms with van der Waals surface area (Å²) in [6.07, 6.45) is 1.07. The van der Waals surface area contributed by atoms with Gasteiger partial charge in [-0.3, -0.25) is 0 Å². The van der Waals surface area contributed by atoms with E-state index in [4.69, 9.17) is 0 Å². The Morgan fingerprint density at radius 1 is 1.19 bits per heavy atom. The molecule has 0 bridgehead atoms. The zero-order valence-electron chi connectivity index (χ0n) is 12.2. The molecule has 21 heavy (non-hydrogen) atoms. The van der Waals surface area contributed by atoms with Crippen LogP contribution >= 0.6 is 22.7 Å². The maximum atomic E-state index is 12.3. The molecule has 116 valence electrons. The molecule has 0 aliphatic heterocycles. The minimum atomic E-state index is -3.42. The molecule has 7 heteroatoms. The van der Waals surface area contributed by atoms with E-state index in [1.165, 1.54) is 11.3 Å². The largest absolute Gasteiger partial charge is 0.312 e. The van der Waals surface area contributed by atoms with E-state index < -0.39 is 10.0 Å². The lowest BCUT2D eigenvalue weighted by Crippen LogP contribution is -2.22. The van der Waals surface area contributed by atoms with Gasteiger partial charge in [0.05, 0.1) is 0 Å². The molecule has 2 N–H and O–H groups in total. The van der Waals surface area contributed by atoms with E-state index in [-0.39, 0.29) is 0 Å². The number of sulfonamides is 1. The van der Waals surface area contributed by atoms with Gasteiger partial charge in [-0.25, -0.2) is 13.1 Å². The number of hydrogen-bond donors (Lipinski definition) is 2. The maximum Gasteiger partial charge on any atom is 0.250 e. The van der Waals surface area contributed by atoms with Crippen molar-refractivity contribution in [2.24, 2.45) is 0 Å². The van der Waals surface area contributed by atoms with Gasteiger partial charge in [-0.1, -0.05) is 6.92 Å². The number of hydrogen-bond acceptors (Lipinski definition) is 5. The molecule has 0 amide bonds. The van der Waals surface area contributed by atoms with Gasteiger partial charge < -0.3 is 5.32 Å². The number of thiophene rings is 2. The summed E-state index contributed by atoms with van der Waals surface area (Å²) in [5.74, 6) is 0. The summed E-state index contributed by atoms with van der Waals surface area (Å²) in [6.45, 7) is 6.11. The fourth-order valence-corrected chi connectivity index (χ4v) is 5.11. The highest BCUT2D eigenvalue weighted by Gasteiger charge is 2.17. The zero-order chi connectivity index (χ0) is 15.3. The Bertz CT molecular complexity index is 674. The van der Waals surface area contributed by atoms with Crippen LogP contribution < -0.4 is 10.0 Å². The summed E-state index contributed by atoms with van der Waals surface area (Å²) < 4.78 is 27.6. The first-order valence-corrected chi connectivity index (χ1v) is 10.0. The summed E-state index contributed by atoms with van der Waals surface area (Å²) in [4.78, 5) is 2.09. The fraction of sp³-hybridized carbons (Fsp3) is 0.429. The lowest BCUT2D eigenvalue weighted by Gasteiger charge is -2.04. The molecule has 2 aromatic rings. The first-order valence-electron chi connectivity index (χ1n) is 6.85. The normalized spacial score (nSPS) is 11.9. The molecule has 0 radical (unpaired) electrons. The lowest BCUT2D eigenvalue weighted by molar-refractivity contribution is 0.584. The van der Waals surface area contributed by atoms with Crippen molar-refractivity contribution in [3.8, 4) is 0 Å². The van der Waals surface area contributed by atoms with Crippen LogP contribution in [0.4, 0.5) is 0 Å². The topological polar surface area (TPSA) is 58.2 Å². The summed E-state index contributed by atoms with van der Waals surface area (Å²) >= 11 is 2.89. The van der Waals surface area contributed by atoms with E-state index in [0.29, 0.717) is 10.8 Å². The predicted molar refractivity (Wildman–Crippen MR) is 89.4 cm³/mol. The van der Waals surface area contributed by atoms with Crippen molar-refractivity contribution >= 4 is 32.7 Å². The Kier molecular flexibility index (Phi) is 5.95. The minimum Gasteiger partial charge on any atom is -0.312 e. The first kappa shape index (κ1) is 16.6. The first-order chi connectivity index (χ1) is 10.0. The molecule has 0 fully saturated rings. The summed E-state index contributed by atoms with van der Waals surface area (Å²) in [5.41, 5.74) is 1.12. The van der Waals surface area contributed by atoms with E-state index in [2.05, 4.69) is 17.0 Å². The van der Waals surface area contributed by atoms with E-state index in [9.17, 15) is 8.42 Å². The highest BCUT2D eigenvalue weighted by Crippen LogP contribution is 2.22. The second kappa shape index (κ2) is 7.51. The van der Waals surface area contributed by atoms with Crippen molar-refractivity contribution in [1.82, 2.24) is 10.0 Å². The Balaban J connectivity index is 1.97. The molecule has 2 rings (SSSR count). The molecule has 0 aliphatic carbocycles. The molecule has 0 aliphatic rings. The monoisotopic (exact) mass is 344 g/mol. The molecule has 0 unspecified atom stereocenters. The SMILES string of the molecule is CCCNCc1ccc(S(=O)(=O)NCc2sccc2C)s1. The highest BCUT2D eigenvalue weighted by atomic mass is 32.2. The number of aryl methyl sites for hydroxylation is 1. The van der Waals surface area contributed by atoms with Crippen molar-refractivity contribution in [2.75, 3.05) is 6.54 Å². The third-order valence-corrected chi connectivity index (χ3v) is 7.02. The van der Waals surface area contributed by atoms with Crippen LogP contribution in [0.5, 0.6) is 0 Å². The van der Waals surface area contributed by atoms with Gasteiger partial charge >= 0.3 is 0 Å². The Morgan fingerprint density at radius 3 is 2.67 bits per heavy atom. The molecule has 0 saturated carbocycles. The second-order valence-corrected chi connectivity index (χ2v) is 8.91. The lowest BCUT2D eigenvalue weighted by atomic mass is 10.3.